The second kappa shape index (κ2) is 8.31. The minimum atomic E-state index is -0.419. The van der Waals surface area contributed by atoms with Crippen molar-refractivity contribution in [2.24, 2.45) is 0 Å². The lowest BCUT2D eigenvalue weighted by Gasteiger charge is -2.06. The van der Waals surface area contributed by atoms with Gasteiger partial charge in [0.2, 0.25) is 0 Å². The van der Waals surface area contributed by atoms with Gasteiger partial charge in [0.25, 0.3) is 0 Å². The van der Waals surface area contributed by atoms with Gasteiger partial charge in [-0.2, -0.15) is 0 Å². The first kappa shape index (κ1) is 12.7. The van der Waals surface area contributed by atoms with Gasteiger partial charge >= 0.3 is 5.97 Å². The van der Waals surface area contributed by atoms with Gasteiger partial charge in [0.05, 0.1) is 31.7 Å². The van der Waals surface area contributed by atoms with Crippen LogP contribution in [0.3, 0.4) is 0 Å². The lowest BCUT2D eigenvalue weighted by Crippen LogP contribution is -2.13. The van der Waals surface area contributed by atoms with Crippen molar-refractivity contribution in [2.75, 3.05) is 26.4 Å². The van der Waals surface area contributed by atoms with Crippen molar-refractivity contribution in [3.63, 3.8) is 0 Å². The molecular formula is C10H16O4. The van der Waals surface area contributed by atoms with E-state index in [9.17, 15) is 4.79 Å². The number of carbonyl (C=O) groups excluding carboxylic acids is 1. The quantitative estimate of drug-likeness (QED) is 0.256. The molecule has 0 aliphatic heterocycles. The zero-order valence-electron chi connectivity index (χ0n) is 8.45. The van der Waals surface area contributed by atoms with Crippen LogP contribution in [0.15, 0.2) is 25.0 Å². The molecule has 0 rings (SSSR count). The standard InChI is InChI=1S/C10H16O4/c1-4-12-6-7-13-8-9(3)10(11)14-5-2/h4H,1,3,5-8H2,2H3. The Morgan fingerprint density at radius 3 is 2.71 bits per heavy atom. The van der Waals surface area contributed by atoms with Gasteiger partial charge in [0.15, 0.2) is 0 Å². The van der Waals surface area contributed by atoms with Crippen LogP contribution in [-0.2, 0) is 19.0 Å². The third-order valence-electron chi connectivity index (χ3n) is 1.30. The fourth-order valence-corrected chi connectivity index (χ4v) is 0.678. The van der Waals surface area contributed by atoms with E-state index in [1.807, 2.05) is 0 Å². The SMILES string of the molecule is C=COCCOCC(=C)C(=O)OCC. The van der Waals surface area contributed by atoms with Crippen molar-refractivity contribution in [3.05, 3.63) is 25.0 Å². The van der Waals surface area contributed by atoms with E-state index in [0.717, 1.165) is 0 Å². The highest BCUT2D eigenvalue weighted by atomic mass is 16.5. The zero-order chi connectivity index (χ0) is 10.8. The molecule has 0 aromatic rings. The molecule has 80 valence electrons. The Hall–Kier alpha value is -1.29. The van der Waals surface area contributed by atoms with Gasteiger partial charge in [-0.05, 0) is 6.92 Å². The van der Waals surface area contributed by atoms with Crippen molar-refractivity contribution < 1.29 is 19.0 Å². The lowest BCUT2D eigenvalue weighted by atomic mass is 10.3. The van der Waals surface area contributed by atoms with Gasteiger partial charge in [-0.1, -0.05) is 13.2 Å². The van der Waals surface area contributed by atoms with Gasteiger partial charge in [-0.3, -0.25) is 0 Å². The van der Waals surface area contributed by atoms with Gasteiger partial charge in [-0.15, -0.1) is 0 Å². The Morgan fingerprint density at radius 1 is 1.43 bits per heavy atom. The van der Waals surface area contributed by atoms with Crippen molar-refractivity contribution in [1.82, 2.24) is 0 Å². The third kappa shape index (κ3) is 6.25. The molecule has 0 radical (unpaired) electrons. The molecule has 0 spiro atoms. The molecule has 0 unspecified atom stereocenters. The van der Waals surface area contributed by atoms with Gasteiger partial charge < -0.3 is 14.2 Å². The van der Waals surface area contributed by atoms with Crippen LogP contribution in [0.5, 0.6) is 0 Å². The predicted molar refractivity (Wildman–Crippen MR) is 52.7 cm³/mol. The normalized spacial score (nSPS) is 9.21. The van der Waals surface area contributed by atoms with Crippen molar-refractivity contribution in [1.29, 1.82) is 0 Å². The molecule has 4 nitrogen and oxygen atoms in total. The molecule has 0 saturated carbocycles. The van der Waals surface area contributed by atoms with Crippen LogP contribution < -0.4 is 0 Å². The van der Waals surface area contributed by atoms with E-state index in [2.05, 4.69) is 13.2 Å². The third-order valence-corrected chi connectivity index (χ3v) is 1.30. The molecule has 0 aliphatic carbocycles. The summed E-state index contributed by atoms with van der Waals surface area (Å²) in [4.78, 5) is 11.0. The minimum Gasteiger partial charge on any atom is -0.499 e. The van der Waals surface area contributed by atoms with Gasteiger partial charge in [0, 0.05) is 0 Å². The minimum absolute atomic E-state index is 0.166. The molecule has 0 aliphatic rings. The number of hydrogen-bond donors (Lipinski definition) is 0. The van der Waals surface area contributed by atoms with E-state index in [1.165, 1.54) is 6.26 Å². The highest BCUT2D eigenvalue weighted by Crippen LogP contribution is 1.95. The molecule has 0 fully saturated rings. The number of rotatable bonds is 8. The number of carbonyl (C=O) groups is 1. The van der Waals surface area contributed by atoms with Gasteiger partial charge in [0.1, 0.15) is 6.61 Å². The van der Waals surface area contributed by atoms with Crippen LogP contribution in [0.1, 0.15) is 6.92 Å². The first-order valence-electron chi connectivity index (χ1n) is 4.37. The molecule has 4 heteroatoms. The van der Waals surface area contributed by atoms with Crippen molar-refractivity contribution >= 4 is 5.97 Å². The maximum atomic E-state index is 11.0. The first-order chi connectivity index (χ1) is 6.72. The average Bonchev–Trinajstić information content (AvgIpc) is 2.17. The Balaban J connectivity index is 3.43. The average molecular weight is 200 g/mol. The largest absolute Gasteiger partial charge is 0.499 e. The summed E-state index contributed by atoms with van der Waals surface area (Å²) >= 11 is 0. The van der Waals surface area contributed by atoms with Crippen LogP contribution in [0.25, 0.3) is 0 Å². The van der Waals surface area contributed by atoms with E-state index in [0.29, 0.717) is 25.4 Å². The Bertz CT molecular complexity index is 198. The van der Waals surface area contributed by atoms with Gasteiger partial charge in [-0.25, -0.2) is 4.79 Å². The Morgan fingerprint density at radius 2 is 2.14 bits per heavy atom. The highest BCUT2D eigenvalue weighted by Gasteiger charge is 2.06. The second-order valence-corrected chi connectivity index (χ2v) is 2.41. The van der Waals surface area contributed by atoms with Crippen LogP contribution in [-0.4, -0.2) is 32.4 Å². The molecule has 0 saturated heterocycles. The number of hydrogen-bond acceptors (Lipinski definition) is 4. The van der Waals surface area contributed by atoms with E-state index < -0.39 is 5.97 Å². The number of ether oxygens (including phenoxy) is 3. The summed E-state index contributed by atoms with van der Waals surface area (Å²) in [5.74, 6) is -0.419. The molecule has 0 atom stereocenters. The topological polar surface area (TPSA) is 44.8 Å². The zero-order valence-corrected chi connectivity index (χ0v) is 8.45. The van der Waals surface area contributed by atoms with Crippen molar-refractivity contribution in [3.8, 4) is 0 Å². The molecule has 0 amide bonds. The fourth-order valence-electron chi connectivity index (χ4n) is 0.678. The Labute approximate surface area is 84.1 Å². The molecular weight excluding hydrogens is 184 g/mol. The summed E-state index contributed by atoms with van der Waals surface area (Å²) in [5.41, 5.74) is 0.311. The maximum Gasteiger partial charge on any atom is 0.335 e. The van der Waals surface area contributed by atoms with E-state index in [4.69, 9.17) is 14.2 Å². The monoisotopic (exact) mass is 200 g/mol. The van der Waals surface area contributed by atoms with Crippen LogP contribution >= 0.6 is 0 Å². The maximum absolute atomic E-state index is 11.0. The summed E-state index contributed by atoms with van der Waals surface area (Å²) in [6, 6.07) is 0. The molecule has 14 heavy (non-hydrogen) atoms. The van der Waals surface area contributed by atoms with Crippen LogP contribution in [0.4, 0.5) is 0 Å². The number of esters is 1. The van der Waals surface area contributed by atoms with Crippen LogP contribution in [0.2, 0.25) is 0 Å². The van der Waals surface area contributed by atoms with E-state index in [1.54, 1.807) is 6.92 Å². The summed E-state index contributed by atoms with van der Waals surface area (Å²) in [5, 5.41) is 0. The van der Waals surface area contributed by atoms with Crippen LogP contribution in [0, 0.1) is 0 Å². The molecule has 0 N–H and O–H groups in total. The van der Waals surface area contributed by atoms with Crippen molar-refractivity contribution in [2.45, 2.75) is 6.92 Å². The fraction of sp³-hybridized carbons (Fsp3) is 0.500. The highest BCUT2D eigenvalue weighted by molar-refractivity contribution is 5.87. The molecule has 0 bridgehead atoms. The van der Waals surface area contributed by atoms with E-state index >= 15 is 0 Å². The van der Waals surface area contributed by atoms with E-state index in [-0.39, 0.29) is 6.61 Å². The molecule has 0 aromatic carbocycles. The predicted octanol–water partition coefficient (Wildman–Crippen LogP) is 1.28. The molecule has 0 aromatic heterocycles. The first-order valence-corrected chi connectivity index (χ1v) is 4.37. The summed E-state index contributed by atoms with van der Waals surface area (Å²) in [6.07, 6.45) is 1.34. The molecule has 0 heterocycles. The summed E-state index contributed by atoms with van der Waals surface area (Å²) in [7, 11) is 0. The summed E-state index contributed by atoms with van der Waals surface area (Å²) in [6.45, 7) is 9.97. The second-order valence-electron chi connectivity index (χ2n) is 2.41. The summed E-state index contributed by atoms with van der Waals surface area (Å²) < 4.78 is 14.6. The smallest absolute Gasteiger partial charge is 0.335 e. The lowest BCUT2D eigenvalue weighted by molar-refractivity contribution is -0.139. The Kier molecular flexibility index (Phi) is 7.55.